The van der Waals surface area contributed by atoms with Crippen molar-refractivity contribution >= 4 is 43.3 Å². The van der Waals surface area contributed by atoms with E-state index in [4.69, 9.17) is 14.6 Å². The summed E-state index contributed by atoms with van der Waals surface area (Å²) in [6.07, 6.45) is 11.2. The van der Waals surface area contributed by atoms with E-state index in [0.717, 1.165) is 97.8 Å². The molecule has 6 aliphatic rings. The van der Waals surface area contributed by atoms with E-state index in [0.29, 0.717) is 6.54 Å². The van der Waals surface area contributed by atoms with Crippen molar-refractivity contribution in [3.05, 3.63) is 69.0 Å². The van der Waals surface area contributed by atoms with E-state index in [1.807, 2.05) is 6.92 Å². The van der Waals surface area contributed by atoms with Crippen LogP contribution in [0.3, 0.4) is 0 Å². The van der Waals surface area contributed by atoms with Crippen molar-refractivity contribution in [1.82, 2.24) is 24.3 Å². The van der Waals surface area contributed by atoms with E-state index in [-0.39, 0.29) is 40.7 Å². The summed E-state index contributed by atoms with van der Waals surface area (Å²) in [6.45, 7) is 2.46. The normalized spacial score (nSPS) is 21.7. The molecule has 2 unspecified atom stereocenters. The number of carbonyl (C=O) groups excluding carboxylic acids is 2. The smallest absolute Gasteiger partial charge is 0.354 e. The third-order valence-electron chi connectivity index (χ3n) is 11.4. The van der Waals surface area contributed by atoms with Crippen molar-refractivity contribution < 1.29 is 27.5 Å². The minimum absolute atomic E-state index is 0.0277. The number of anilines is 2. The number of hydrogen-bond acceptors (Lipinski definition) is 8. The van der Waals surface area contributed by atoms with Crippen molar-refractivity contribution in [2.24, 2.45) is 13.9 Å². The summed E-state index contributed by atoms with van der Waals surface area (Å²) in [7, 11) is -7.44. The van der Waals surface area contributed by atoms with Gasteiger partial charge in [0.2, 0.25) is 11.8 Å². The van der Waals surface area contributed by atoms with Gasteiger partial charge in [0.25, 0.3) is 0 Å². The average Bonchev–Trinajstić information content (AvgIpc) is 3.92. The van der Waals surface area contributed by atoms with Crippen LogP contribution < -0.4 is 30.0 Å². The Morgan fingerprint density at radius 3 is 1.91 bits per heavy atom. The summed E-state index contributed by atoms with van der Waals surface area (Å²) in [6, 6.07) is 2.94. The van der Waals surface area contributed by atoms with Crippen LogP contribution >= 0.6 is 0 Å². The zero-order valence-electron chi connectivity index (χ0n) is 29.7. The molecule has 0 bridgehead atoms. The Kier molecular flexibility index (Phi) is 7.74. The van der Waals surface area contributed by atoms with Gasteiger partial charge in [-0.2, -0.15) is 10.2 Å². The summed E-state index contributed by atoms with van der Waals surface area (Å²) in [5, 5.41) is 20.7. The molecule has 0 saturated heterocycles. The number of hydrogen-bond donors (Lipinski definition) is 4. The van der Waals surface area contributed by atoms with Gasteiger partial charge in [0, 0.05) is 17.9 Å². The lowest BCUT2D eigenvalue weighted by atomic mass is 9.83. The quantitative estimate of drug-likeness (QED) is 0.215. The van der Waals surface area contributed by atoms with Crippen LogP contribution in [-0.2, 0) is 84.3 Å². The molecule has 4 heterocycles. The first-order chi connectivity index (χ1) is 26.0. The van der Waals surface area contributed by atoms with Crippen LogP contribution in [0, 0.1) is 0 Å². The minimum Gasteiger partial charge on any atom is -0.472 e. The van der Waals surface area contributed by atoms with Crippen LogP contribution in [0.5, 0.6) is 11.8 Å². The lowest BCUT2D eigenvalue weighted by Crippen LogP contribution is -2.36. The van der Waals surface area contributed by atoms with E-state index in [2.05, 4.69) is 46.4 Å². The average molecular weight is 773 g/mol. The van der Waals surface area contributed by atoms with Crippen LogP contribution in [-0.4, -0.2) is 58.8 Å². The Morgan fingerprint density at radius 1 is 0.759 bits per heavy atom. The summed E-state index contributed by atoms with van der Waals surface area (Å²) in [5.41, 5.74) is 11.0. The molecule has 0 radical (unpaired) electrons. The van der Waals surface area contributed by atoms with Crippen LogP contribution in [0.15, 0.2) is 43.0 Å². The molecular weight excluding hydrogens is 733 g/mol. The van der Waals surface area contributed by atoms with Gasteiger partial charge in [-0.05, 0) is 116 Å². The van der Waals surface area contributed by atoms with E-state index in [9.17, 15) is 18.0 Å². The highest BCUT2D eigenvalue weighted by molar-refractivity contribution is 7.92. The van der Waals surface area contributed by atoms with Crippen LogP contribution in [0.25, 0.3) is 0 Å². The standard InChI is InChI=1S/C36H40N10O6S2/c1-19-17-45-34(51-19)30(16-39-45)54(50,44-36(48)42-32-26-7-3-5-21(26)13-23-9-11-28(23)32)40-14-24-18-46-33(52-24)29(15-38-46)53(37,49)43-35(47)41-31-25-6-2-4-20(25)12-22-8-10-27(22)31/h12-13,15-16,19,24H,2-11,14,17-18H2,1H3,(H3,37,41,43,47,49)(H2,40,42,44,48,50)/t19-,24+,53?,54?/m1/s1. The SMILES string of the molecule is C[C@@H]1Cn2ncc(S(=O)(=NC(=O)Nc3c4c(cc5c3CC5)CCC4)NC[C@H]3Cn4ncc(S(N)(=O)=NC(=O)Nc5c6c(cc7c5CC7)CCC6)c4O3)c2O1. The monoisotopic (exact) mass is 772 g/mol. The van der Waals surface area contributed by atoms with Gasteiger partial charge < -0.3 is 20.1 Å². The Morgan fingerprint density at radius 2 is 1.30 bits per heavy atom. The summed E-state index contributed by atoms with van der Waals surface area (Å²) in [4.78, 5) is 27.0. The van der Waals surface area contributed by atoms with Crippen LogP contribution in [0.4, 0.5) is 21.0 Å². The highest BCUT2D eigenvalue weighted by atomic mass is 32.2. The molecule has 10 rings (SSSR count). The predicted molar refractivity (Wildman–Crippen MR) is 199 cm³/mol. The molecule has 2 aliphatic heterocycles. The van der Waals surface area contributed by atoms with Crippen molar-refractivity contribution in [1.29, 1.82) is 0 Å². The zero-order valence-corrected chi connectivity index (χ0v) is 31.3. The van der Waals surface area contributed by atoms with Crippen molar-refractivity contribution in [3.8, 4) is 11.8 Å². The molecule has 16 nitrogen and oxygen atoms in total. The summed E-state index contributed by atoms with van der Waals surface area (Å²) in [5.74, 6) is 0.373. The fourth-order valence-corrected chi connectivity index (χ4v) is 11.3. The third-order valence-corrected chi connectivity index (χ3v) is 14.6. The Bertz CT molecular complexity index is 2580. The molecule has 4 amide bonds. The van der Waals surface area contributed by atoms with Crippen LogP contribution in [0.2, 0.25) is 0 Å². The Hall–Kier alpha value is -4.78. The van der Waals surface area contributed by atoms with Gasteiger partial charge in [-0.15, -0.1) is 8.73 Å². The maximum Gasteiger partial charge on any atom is 0.354 e. The van der Waals surface area contributed by atoms with E-state index < -0.39 is 38.0 Å². The number of nitrogens with two attached hydrogens (primary N) is 1. The number of nitrogens with zero attached hydrogens (tertiary/aromatic N) is 6. The van der Waals surface area contributed by atoms with Crippen molar-refractivity contribution in [3.63, 3.8) is 0 Å². The van der Waals surface area contributed by atoms with Gasteiger partial charge in [0.1, 0.15) is 22.0 Å². The molecule has 5 N–H and O–H groups in total. The van der Waals surface area contributed by atoms with Crippen molar-refractivity contribution in [2.45, 2.75) is 106 Å². The number of fused-ring (bicyclic) bond motifs is 6. The molecular formula is C36H40N10O6S2. The van der Waals surface area contributed by atoms with Gasteiger partial charge in [0.15, 0.2) is 19.8 Å². The van der Waals surface area contributed by atoms with Gasteiger partial charge in [-0.1, -0.05) is 12.1 Å². The molecule has 4 aromatic rings. The number of aromatic nitrogens is 4. The second kappa shape index (κ2) is 12.4. The Labute approximate surface area is 312 Å². The molecule has 4 aliphatic carbocycles. The van der Waals surface area contributed by atoms with E-state index in [1.54, 1.807) is 4.68 Å². The lowest BCUT2D eigenvalue weighted by molar-refractivity contribution is 0.230. The number of nitrogens with one attached hydrogen (secondary N) is 3. The summed E-state index contributed by atoms with van der Waals surface area (Å²) < 4.78 is 54.9. The first-order valence-electron chi connectivity index (χ1n) is 18.5. The topological polar surface area (TPSA) is 209 Å². The molecule has 18 heteroatoms. The number of aryl methyl sites for hydroxylation is 4. The highest BCUT2D eigenvalue weighted by Crippen LogP contribution is 2.41. The third kappa shape index (κ3) is 5.52. The molecule has 4 atom stereocenters. The fourth-order valence-electron chi connectivity index (χ4n) is 8.67. The van der Waals surface area contributed by atoms with Gasteiger partial charge >= 0.3 is 12.1 Å². The maximum atomic E-state index is 14.8. The lowest BCUT2D eigenvalue weighted by Gasteiger charge is -2.25. The Balaban J connectivity index is 0.890. The number of carbonyl (C=O) groups is 2. The van der Waals surface area contributed by atoms with Crippen molar-refractivity contribution in [2.75, 3.05) is 17.2 Å². The largest absolute Gasteiger partial charge is 0.472 e. The maximum absolute atomic E-state index is 14.8. The van der Waals surface area contributed by atoms with Gasteiger partial charge in [-0.3, -0.25) is 0 Å². The molecule has 0 fully saturated rings. The number of ether oxygens (including phenoxy) is 2. The first kappa shape index (κ1) is 33.8. The van der Waals surface area contributed by atoms with Gasteiger partial charge in [-0.25, -0.2) is 37.2 Å². The highest BCUT2D eigenvalue weighted by Gasteiger charge is 2.35. The molecule has 54 heavy (non-hydrogen) atoms. The van der Waals surface area contributed by atoms with Crippen LogP contribution in [0.1, 0.15) is 64.3 Å². The molecule has 2 aromatic carbocycles. The minimum atomic E-state index is -3.77. The van der Waals surface area contributed by atoms with Gasteiger partial charge in [0.05, 0.1) is 25.5 Å². The predicted octanol–water partition coefficient (Wildman–Crippen LogP) is 3.99. The number of amides is 4. The molecule has 282 valence electrons. The molecule has 2 aromatic heterocycles. The second-order valence-corrected chi connectivity index (χ2v) is 18.6. The summed E-state index contributed by atoms with van der Waals surface area (Å²) >= 11 is 0. The second-order valence-electron chi connectivity index (χ2n) is 14.9. The number of urea groups is 2. The first-order valence-corrected chi connectivity index (χ1v) is 21.6. The molecule has 0 spiro atoms. The number of benzene rings is 2. The fraction of sp³-hybridized carbons (Fsp3) is 0.444. The van der Waals surface area contributed by atoms with E-state index in [1.165, 1.54) is 39.3 Å². The molecule has 0 saturated carbocycles. The van der Waals surface area contributed by atoms with E-state index >= 15 is 0 Å². The zero-order chi connectivity index (χ0) is 36.9. The number of rotatable bonds is 7.